The average molecular weight is 313 g/mol. The molecule has 0 heterocycles. The summed E-state index contributed by atoms with van der Waals surface area (Å²) in [4.78, 5) is 0. The van der Waals surface area contributed by atoms with Gasteiger partial charge in [-0.05, 0) is 6.07 Å². The number of hydrogen-bond donors (Lipinski definition) is 2. The highest BCUT2D eigenvalue weighted by Crippen LogP contribution is 2.39. The number of halogens is 2. The van der Waals surface area contributed by atoms with E-state index >= 15 is 0 Å². The van der Waals surface area contributed by atoms with Crippen molar-refractivity contribution in [2.45, 2.75) is 0 Å². The Morgan fingerprint density at radius 2 is 1.43 bits per heavy atom. The smallest absolute Gasteiger partial charge is 0.188 e. The molecular formula is C14H14ClFN2O3. The molecule has 5 nitrogen and oxygen atoms in total. The van der Waals surface area contributed by atoms with Crippen molar-refractivity contribution in [1.29, 1.82) is 0 Å². The predicted molar refractivity (Wildman–Crippen MR) is 79.9 cm³/mol. The number of hydrogen-bond acceptors (Lipinski definition) is 5. The van der Waals surface area contributed by atoms with Crippen LogP contribution in [0.15, 0.2) is 24.3 Å². The molecule has 0 fully saturated rings. The summed E-state index contributed by atoms with van der Waals surface area (Å²) in [5.41, 5.74) is 11.3. The molecule has 21 heavy (non-hydrogen) atoms. The minimum Gasteiger partial charge on any atom is -0.496 e. The molecule has 0 radical (unpaired) electrons. The first-order valence-electron chi connectivity index (χ1n) is 5.90. The van der Waals surface area contributed by atoms with E-state index in [2.05, 4.69) is 0 Å². The molecule has 0 aliphatic rings. The monoisotopic (exact) mass is 312 g/mol. The third-order valence-corrected chi connectivity index (χ3v) is 3.15. The zero-order valence-electron chi connectivity index (χ0n) is 11.4. The predicted octanol–water partition coefficient (Wildman–Crippen LogP) is 3.45. The van der Waals surface area contributed by atoms with Gasteiger partial charge in [-0.1, -0.05) is 11.6 Å². The fourth-order valence-electron chi connectivity index (χ4n) is 1.71. The molecule has 0 saturated heterocycles. The van der Waals surface area contributed by atoms with Crippen LogP contribution in [0.4, 0.5) is 15.8 Å². The standard InChI is InChI=1S/C14H14ClFN2O3/c1-19-7-3-8(20-2)5-9(4-7)21-14-11(18)6-10(17)12(15)13(14)16/h3-6H,17-18H2,1-2H3. The minimum atomic E-state index is -0.823. The molecule has 7 heteroatoms. The van der Waals surface area contributed by atoms with Crippen molar-refractivity contribution in [3.8, 4) is 23.0 Å². The van der Waals surface area contributed by atoms with Gasteiger partial charge in [-0.2, -0.15) is 0 Å². The summed E-state index contributed by atoms with van der Waals surface area (Å²) in [6.07, 6.45) is 0. The molecule has 0 aliphatic heterocycles. The highest BCUT2D eigenvalue weighted by molar-refractivity contribution is 6.33. The fourth-order valence-corrected chi connectivity index (χ4v) is 1.85. The van der Waals surface area contributed by atoms with Crippen LogP contribution in [0.5, 0.6) is 23.0 Å². The quantitative estimate of drug-likeness (QED) is 0.845. The molecular weight excluding hydrogens is 299 g/mol. The minimum absolute atomic E-state index is 0.0381. The second-order valence-corrected chi connectivity index (χ2v) is 4.54. The van der Waals surface area contributed by atoms with Gasteiger partial charge in [0.1, 0.15) is 22.3 Å². The lowest BCUT2D eigenvalue weighted by atomic mass is 10.2. The molecule has 2 aromatic rings. The summed E-state index contributed by atoms with van der Waals surface area (Å²) in [5.74, 6) is 0.243. The van der Waals surface area contributed by atoms with Crippen molar-refractivity contribution < 1.29 is 18.6 Å². The van der Waals surface area contributed by atoms with Gasteiger partial charge < -0.3 is 25.7 Å². The zero-order valence-corrected chi connectivity index (χ0v) is 12.2. The summed E-state index contributed by atoms with van der Waals surface area (Å²) in [7, 11) is 2.99. The third kappa shape index (κ3) is 3.05. The summed E-state index contributed by atoms with van der Waals surface area (Å²) < 4.78 is 29.8. The Kier molecular flexibility index (Phi) is 4.28. The first-order chi connectivity index (χ1) is 9.96. The van der Waals surface area contributed by atoms with Gasteiger partial charge in [0.25, 0.3) is 0 Å². The Morgan fingerprint density at radius 1 is 0.905 bits per heavy atom. The normalized spacial score (nSPS) is 10.3. The van der Waals surface area contributed by atoms with E-state index in [1.807, 2.05) is 0 Å². The van der Waals surface area contributed by atoms with Gasteiger partial charge in [-0.3, -0.25) is 0 Å². The van der Waals surface area contributed by atoms with Crippen LogP contribution in [0.1, 0.15) is 0 Å². The number of nitrogens with two attached hydrogens (primary N) is 2. The van der Waals surface area contributed by atoms with Gasteiger partial charge in [-0.15, -0.1) is 0 Å². The van der Waals surface area contributed by atoms with Crippen LogP contribution in [-0.2, 0) is 0 Å². The lowest BCUT2D eigenvalue weighted by molar-refractivity contribution is 0.384. The Balaban J connectivity index is 2.45. The van der Waals surface area contributed by atoms with Crippen molar-refractivity contribution in [2.24, 2.45) is 0 Å². The summed E-state index contributed by atoms with van der Waals surface area (Å²) in [5, 5.41) is -0.242. The molecule has 112 valence electrons. The Hall–Kier alpha value is -2.34. The van der Waals surface area contributed by atoms with Gasteiger partial charge in [-0.25, -0.2) is 4.39 Å². The van der Waals surface area contributed by atoms with Crippen LogP contribution >= 0.6 is 11.6 Å². The van der Waals surface area contributed by atoms with Crippen molar-refractivity contribution in [3.05, 3.63) is 35.1 Å². The van der Waals surface area contributed by atoms with E-state index in [4.69, 9.17) is 37.3 Å². The molecule has 0 unspecified atom stereocenters. The highest BCUT2D eigenvalue weighted by Gasteiger charge is 2.17. The maximum absolute atomic E-state index is 14.1. The molecule has 0 bridgehead atoms. The van der Waals surface area contributed by atoms with E-state index in [9.17, 15) is 4.39 Å². The van der Waals surface area contributed by atoms with Crippen LogP contribution in [-0.4, -0.2) is 14.2 Å². The summed E-state index contributed by atoms with van der Waals surface area (Å²) in [6.45, 7) is 0. The van der Waals surface area contributed by atoms with Crippen LogP contribution in [0.2, 0.25) is 5.02 Å². The average Bonchev–Trinajstić information content (AvgIpc) is 2.49. The maximum atomic E-state index is 14.1. The number of ether oxygens (including phenoxy) is 3. The van der Waals surface area contributed by atoms with Gasteiger partial charge in [0.05, 0.1) is 25.6 Å². The molecule has 4 N–H and O–H groups in total. The van der Waals surface area contributed by atoms with E-state index in [-0.39, 0.29) is 27.9 Å². The van der Waals surface area contributed by atoms with Gasteiger partial charge in [0, 0.05) is 18.2 Å². The van der Waals surface area contributed by atoms with E-state index in [1.165, 1.54) is 20.3 Å². The van der Waals surface area contributed by atoms with Crippen molar-refractivity contribution >= 4 is 23.0 Å². The summed E-state index contributed by atoms with van der Waals surface area (Å²) >= 11 is 5.75. The zero-order chi connectivity index (χ0) is 15.6. The molecule has 0 aliphatic carbocycles. The molecule has 2 rings (SSSR count). The lowest BCUT2D eigenvalue weighted by Gasteiger charge is -2.13. The van der Waals surface area contributed by atoms with Crippen molar-refractivity contribution in [2.75, 3.05) is 25.7 Å². The molecule has 0 aromatic heterocycles. The molecule has 0 saturated carbocycles. The number of nitrogen functional groups attached to an aromatic ring is 2. The number of methoxy groups -OCH3 is 2. The van der Waals surface area contributed by atoms with E-state index in [0.29, 0.717) is 11.5 Å². The molecule has 0 amide bonds. The fraction of sp³-hybridized carbons (Fsp3) is 0.143. The highest BCUT2D eigenvalue weighted by atomic mass is 35.5. The maximum Gasteiger partial charge on any atom is 0.188 e. The van der Waals surface area contributed by atoms with Crippen molar-refractivity contribution in [1.82, 2.24) is 0 Å². The second-order valence-electron chi connectivity index (χ2n) is 4.16. The number of anilines is 2. The number of benzene rings is 2. The molecule has 0 atom stereocenters. The summed E-state index contributed by atoms with van der Waals surface area (Å²) in [6, 6.07) is 6.11. The second kappa shape index (κ2) is 5.97. The van der Waals surface area contributed by atoms with Crippen LogP contribution < -0.4 is 25.7 Å². The van der Waals surface area contributed by atoms with E-state index < -0.39 is 5.82 Å². The number of rotatable bonds is 4. The Labute approximate surface area is 126 Å². The van der Waals surface area contributed by atoms with Crippen molar-refractivity contribution in [3.63, 3.8) is 0 Å². The van der Waals surface area contributed by atoms with E-state index in [1.54, 1.807) is 18.2 Å². The third-order valence-electron chi connectivity index (χ3n) is 2.76. The topological polar surface area (TPSA) is 79.7 Å². The van der Waals surface area contributed by atoms with Gasteiger partial charge >= 0.3 is 0 Å². The molecule has 0 spiro atoms. The van der Waals surface area contributed by atoms with Crippen LogP contribution in [0.25, 0.3) is 0 Å². The first kappa shape index (κ1) is 15.1. The first-order valence-corrected chi connectivity index (χ1v) is 6.28. The Bertz CT molecular complexity index is 658. The van der Waals surface area contributed by atoms with Crippen LogP contribution in [0.3, 0.4) is 0 Å². The molecule has 2 aromatic carbocycles. The Morgan fingerprint density at radius 3 is 1.95 bits per heavy atom. The van der Waals surface area contributed by atoms with Crippen LogP contribution in [0, 0.1) is 5.82 Å². The van der Waals surface area contributed by atoms with E-state index in [0.717, 1.165) is 0 Å². The van der Waals surface area contributed by atoms with Gasteiger partial charge in [0.2, 0.25) is 0 Å². The largest absolute Gasteiger partial charge is 0.496 e. The SMILES string of the molecule is COc1cc(OC)cc(Oc2c(N)cc(N)c(Cl)c2F)c1. The lowest BCUT2D eigenvalue weighted by Crippen LogP contribution is -2.00. The van der Waals surface area contributed by atoms with Gasteiger partial charge in [0.15, 0.2) is 11.6 Å².